The summed E-state index contributed by atoms with van der Waals surface area (Å²) in [6, 6.07) is 10.1. The number of piperazine rings is 1. The first-order valence-corrected chi connectivity index (χ1v) is 9.72. The summed E-state index contributed by atoms with van der Waals surface area (Å²) in [6.45, 7) is 5.43. The van der Waals surface area contributed by atoms with E-state index in [1.165, 1.54) is 5.56 Å². The molecule has 1 amide bonds. The van der Waals surface area contributed by atoms with E-state index in [1.54, 1.807) is 11.3 Å². The summed E-state index contributed by atoms with van der Waals surface area (Å²) in [6.07, 6.45) is 0. The molecule has 122 valence electrons. The predicted molar refractivity (Wildman–Crippen MR) is 104 cm³/mol. The van der Waals surface area contributed by atoms with Gasteiger partial charge in [-0.25, -0.2) is 0 Å². The van der Waals surface area contributed by atoms with Crippen LogP contribution in [0.3, 0.4) is 0 Å². The number of halogens is 1. The van der Waals surface area contributed by atoms with E-state index in [9.17, 15) is 4.79 Å². The normalized spacial score (nSPS) is 16.4. The summed E-state index contributed by atoms with van der Waals surface area (Å²) < 4.78 is 1.13. The van der Waals surface area contributed by atoms with Crippen molar-refractivity contribution in [2.24, 2.45) is 0 Å². The van der Waals surface area contributed by atoms with Crippen molar-refractivity contribution in [3.63, 3.8) is 0 Å². The number of thiophene rings is 1. The lowest BCUT2D eigenvalue weighted by Crippen LogP contribution is -2.48. The SMILES string of the molecule is O=C(CN1CCN(Cc2ccsc2)CC1)Nc1cccc(I)c1. The minimum Gasteiger partial charge on any atom is -0.325 e. The number of rotatable bonds is 5. The van der Waals surface area contributed by atoms with Gasteiger partial charge in [0.2, 0.25) is 5.91 Å². The lowest BCUT2D eigenvalue weighted by atomic mass is 10.2. The van der Waals surface area contributed by atoms with E-state index >= 15 is 0 Å². The Morgan fingerprint density at radius 2 is 1.96 bits per heavy atom. The monoisotopic (exact) mass is 441 g/mol. The Bertz CT molecular complexity index is 639. The fourth-order valence-electron chi connectivity index (χ4n) is 2.72. The molecule has 0 spiro atoms. The molecule has 2 aromatic rings. The Hall–Kier alpha value is -0.960. The van der Waals surface area contributed by atoms with Gasteiger partial charge in [0.15, 0.2) is 0 Å². The first kappa shape index (κ1) is 16.9. The molecule has 0 unspecified atom stereocenters. The second-order valence-electron chi connectivity index (χ2n) is 5.74. The van der Waals surface area contributed by atoms with Gasteiger partial charge in [0.1, 0.15) is 0 Å². The topological polar surface area (TPSA) is 35.6 Å². The molecule has 1 aliphatic heterocycles. The van der Waals surface area contributed by atoms with Crippen LogP contribution in [0.1, 0.15) is 5.56 Å². The number of hydrogen-bond acceptors (Lipinski definition) is 4. The Morgan fingerprint density at radius 1 is 1.17 bits per heavy atom. The molecule has 1 aliphatic rings. The van der Waals surface area contributed by atoms with Gasteiger partial charge in [-0.15, -0.1) is 0 Å². The molecular formula is C17H20IN3OS. The molecule has 1 N–H and O–H groups in total. The summed E-state index contributed by atoms with van der Waals surface area (Å²) in [5, 5.41) is 7.32. The molecule has 1 aromatic heterocycles. The number of hydrogen-bond donors (Lipinski definition) is 1. The Balaban J connectivity index is 1.42. The van der Waals surface area contributed by atoms with Gasteiger partial charge in [-0.05, 0) is 63.2 Å². The molecule has 0 saturated carbocycles. The smallest absolute Gasteiger partial charge is 0.238 e. The summed E-state index contributed by atoms with van der Waals surface area (Å²) in [4.78, 5) is 16.8. The second kappa shape index (κ2) is 8.23. The van der Waals surface area contributed by atoms with Crippen molar-refractivity contribution in [3.05, 3.63) is 50.2 Å². The standard InChI is InChI=1S/C17H20IN3OS/c18-15-2-1-3-16(10-15)19-17(22)12-21-7-5-20(6-8-21)11-14-4-9-23-13-14/h1-4,9-10,13H,5-8,11-12H2,(H,19,22). The molecule has 2 heterocycles. The summed E-state index contributed by atoms with van der Waals surface area (Å²) in [7, 11) is 0. The average molecular weight is 441 g/mol. The van der Waals surface area contributed by atoms with Crippen LogP contribution in [0.15, 0.2) is 41.1 Å². The molecule has 6 heteroatoms. The molecule has 0 atom stereocenters. The highest BCUT2D eigenvalue weighted by atomic mass is 127. The van der Waals surface area contributed by atoms with Gasteiger partial charge in [0.25, 0.3) is 0 Å². The zero-order chi connectivity index (χ0) is 16.1. The van der Waals surface area contributed by atoms with Gasteiger partial charge in [0.05, 0.1) is 6.54 Å². The van der Waals surface area contributed by atoms with E-state index in [4.69, 9.17) is 0 Å². The highest BCUT2D eigenvalue weighted by Crippen LogP contribution is 2.13. The maximum absolute atomic E-state index is 12.2. The van der Waals surface area contributed by atoms with Crippen LogP contribution in [-0.4, -0.2) is 48.4 Å². The summed E-state index contributed by atoms with van der Waals surface area (Å²) >= 11 is 4.00. The third-order valence-electron chi connectivity index (χ3n) is 3.93. The van der Waals surface area contributed by atoms with E-state index in [0.717, 1.165) is 42.0 Å². The fraction of sp³-hybridized carbons (Fsp3) is 0.353. The van der Waals surface area contributed by atoms with Gasteiger partial charge in [0, 0.05) is 42.0 Å². The molecule has 4 nitrogen and oxygen atoms in total. The molecule has 1 aromatic carbocycles. The molecule has 3 rings (SSSR count). The molecule has 0 aliphatic carbocycles. The van der Waals surface area contributed by atoms with Gasteiger partial charge in [-0.1, -0.05) is 6.07 Å². The fourth-order valence-corrected chi connectivity index (χ4v) is 3.92. The van der Waals surface area contributed by atoms with Gasteiger partial charge >= 0.3 is 0 Å². The van der Waals surface area contributed by atoms with Crippen LogP contribution < -0.4 is 5.32 Å². The number of nitrogens with zero attached hydrogens (tertiary/aromatic N) is 2. The van der Waals surface area contributed by atoms with Crippen LogP contribution in [0.4, 0.5) is 5.69 Å². The summed E-state index contributed by atoms with van der Waals surface area (Å²) in [5.41, 5.74) is 2.26. The maximum atomic E-state index is 12.2. The zero-order valence-corrected chi connectivity index (χ0v) is 15.8. The number of nitrogens with one attached hydrogen (secondary N) is 1. The van der Waals surface area contributed by atoms with Gasteiger partial charge in [-0.2, -0.15) is 11.3 Å². The average Bonchev–Trinajstić information content (AvgIpc) is 3.02. The Kier molecular flexibility index (Phi) is 6.04. The molecule has 23 heavy (non-hydrogen) atoms. The van der Waals surface area contributed by atoms with Crippen LogP contribution in [0.25, 0.3) is 0 Å². The third-order valence-corrected chi connectivity index (χ3v) is 5.33. The van der Waals surface area contributed by atoms with E-state index in [-0.39, 0.29) is 5.91 Å². The highest BCUT2D eigenvalue weighted by Gasteiger charge is 2.19. The van der Waals surface area contributed by atoms with Gasteiger partial charge < -0.3 is 5.32 Å². The van der Waals surface area contributed by atoms with Crippen molar-refractivity contribution in [1.82, 2.24) is 9.80 Å². The number of benzene rings is 1. The first-order valence-electron chi connectivity index (χ1n) is 7.70. The van der Waals surface area contributed by atoms with Crippen molar-refractivity contribution < 1.29 is 4.79 Å². The molecule has 1 saturated heterocycles. The van der Waals surface area contributed by atoms with Crippen molar-refractivity contribution in [1.29, 1.82) is 0 Å². The van der Waals surface area contributed by atoms with Crippen molar-refractivity contribution in [2.45, 2.75) is 6.54 Å². The molecule has 1 fully saturated rings. The Morgan fingerprint density at radius 3 is 2.65 bits per heavy atom. The van der Waals surface area contributed by atoms with Crippen LogP contribution in [-0.2, 0) is 11.3 Å². The van der Waals surface area contributed by atoms with Crippen LogP contribution in [0.2, 0.25) is 0 Å². The quantitative estimate of drug-likeness (QED) is 0.725. The van der Waals surface area contributed by atoms with Crippen molar-refractivity contribution in [2.75, 3.05) is 38.0 Å². The number of carbonyl (C=O) groups excluding carboxylic acids is 1. The molecule has 0 bridgehead atoms. The minimum atomic E-state index is 0.0679. The molecule has 0 radical (unpaired) electrons. The highest BCUT2D eigenvalue weighted by molar-refractivity contribution is 14.1. The minimum absolute atomic E-state index is 0.0679. The van der Waals surface area contributed by atoms with E-state index in [2.05, 4.69) is 54.5 Å². The zero-order valence-electron chi connectivity index (χ0n) is 12.9. The number of anilines is 1. The largest absolute Gasteiger partial charge is 0.325 e. The number of carbonyl (C=O) groups is 1. The van der Waals surface area contributed by atoms with E-state index < -0.39 is 0 Å². The maximum Gasteiger partial charge on any atom is 0.238 e. The number of amides is 1. The predicted octanol–water partition coefficient (Wildman–Crippen LogP) is 3.11. The second-order valence-corrected chi connectivity index (χ2v) is 7.77. The van der Waals surface area contributed by atoms with Crippen LogP contribution in [0, 0.1) is 3.57 Å². The van der Waals surface area contributed by atoms with Crippen molar-refractivity contribution >= 4 is 45.5 Å². The van der Waals surface area contributed by atoms with E-state index in [1.807, 2.05) is 24.3 Å². The molecular weight excluding hydrogens is 421 g/mol. The lowest BCUT2D eigenvalue weighted by molar-refractivity contribution is -0.117. The van der Waals surface area contributed by atoms with Crippen LogP contribution in [0.5, 0.6) is 0 Å². The first-order chi connectivity index (χ1) is 11.2. The third kappa shape index (κ3) is 5.27. The lowest BCUT2D eigenvalue weighted by Gasteiger charge is -2.34. The summed E-state index contributed by atoms with van der Waals surface area (Å²) in [5.74, 6) is 0.0679. The van der Waals surface area contributed by atoms with Crippen LogP contribution >= 0.6 is 33.9 Å². The van der Waals surface area contributed by atoms with E-state index in [0.29, 0.717) is 6.54 Å². The van der Waals surface area contributed by atoms with Crippen molar-refractivity contribution in [3.8, 4) is 0 Å². The van der Waals surface area contributed by atoms with Gasteiger partial charge in [-0.3, -0.25) is 14.6 Å². The Labute approximate surface area is 154 Å².